The first kappa shape index (κ1) is 15.9. The second-order valence-electron chi connectivity index (χ2n) is 7.07. The van der Waals surface area contributed by atoms with Crippen LogP contribution in [0.1, 0.15) is 37.3 Å². The molecule has 0 atom stereocenters. The highest BCUT2D eigenvalue weighted by Gasteiger charge is 2.24. The molecule has 4 rings (SSSR count). The fourth-order valence-corrected chi connectivity index (χ4v) is 3.82. The van der Waals surface area contributed by atoms with Crippen LogP contribution in [0.15, 0.2) is 48.9 Å². The third kappa shape index (κ3) is 3.45. The number of nitrogens with zero attached hydrogens (tertiary/aromatic N) is 3. The van der Waals surface area contributed by atoms with Crippen molar-refractivity contribution in [2.45, 2.75) is 51.2 Å². The number of aryl methyl sites for hydroxylation is 1. The van der Waals surface area contributed by atoms with Gasteiger partial charge in [-0.2, -0.15) is 5.10 Å². The molecule has 25 heavy (non-hydrogen) atoms. The van der Waals surface area contributed by atoms with E-state index in [1.54, 1.807) is 0 Å². The first-order valence-corrected chi connectivity index (χ1v) is 9.03. The number of hydrogen-bond acceptors (Lipinski definition) is 2. The maximum Gasteiger partial charge on any atom is 0.240 e. The van der Waals surface area contributed by atoms with Crippen LogP contribution in [0.25, 0.3) is 10.9 Å². The zero-order chi connectivity index (χ0) is 17.2. The molecule has 2 heterocycles. The summed E-state index contributed by atoms with van der Waals surface area (Å²) in [5, 5.41) is 8.81. The lowest BCUT2D eigenvalue weighted by Gasteiger charge is -2.29. The van der Waals surface area contributed by atoms with Gasteiger partial charge in [0.1, 0.15) is 6.54 Å². The van der Waals surface area contributed by atoms with Gasteiger partial charge >= 0.3 is 0 Å². The van der Waals surface area contributed by atoms with Gasteiger partial charge in [0.15, 0.2) is 0 Å². The smallest absolute Gasteiger partial charge is 0.240 e. The summed E-state index contributed by atoms with van der Waals surface area (Å²) in [6.45, 7) is 2.45. The Morgan fingerprint density at radius 2 is 2.00 bits per heavy atom. The van der Waals surface area contributed by atoms with E-state index < -0.39 is 0 Å². The summed E-state index contributed by atoms with van der Waals surface area (Å²) in [6, 6.07) is 11.0. The van der Waals surface area contributed by atoms with Gasteiger partial charge in [-0.05, 0) is 55.7 Å². The lowest BCUT2D eigenvalue weighted by molar-refractivity contribution is -0.122. The normalized spacial score (nSPS) is 20.7. The maximum atomic E-state index is 12.4. The predicted octanol–water partition coefficient (Wildman–Crippen LogP) is 3.45. The Balaban J connectivity index is 1.32. The lowest BCUT2D eigenvalue weighted by atomic mass is 9.91. The van der Waals surface area contributed by atoms with Gasteiger partial charge in [0, 0.05) is 24.0 Å². The van der Waals surface area contributed by atoms with Gasteiger partial charge in [0.2, 0.25) is 5.91 Å². The molecule has 0 spiro atoms. The molecule has 0 bridgehead atoms. The molecule has 0 unspecified atom stereocenters. The molecular formula is C20H24N4O. The van der Waals surface area contributed by atoms with E-state index >= 15 is 0 Å². The van der Waals surface area contributed by atoms with Crippen LogP contribution in [0.4, 0.5) is 0 Å². The number of hydrogen-bond donors (Lipinski definition) is 1. The number of fused-ring (bicyclic) bond motifs is 1. The van der Waals surface area contributed by atoms with Crippen LogP contribution in [-0.2, 0) is 11.3 Å². The largest absolute Gasteiger partial charge is 0.352 e. The van der Waals surface area contributed by atoms with E-state index in [4.69, 9.17) is 0 Å². The molecule has 130 valence electrons. The number of carbonyl (C=O) groups excluding carboxylic acids is 1. The van der Waals surface area contributed by atoms with Gasteiger partial charge in [-0.3, -0.25) is 9.48 Å². The van der Waals surface area contributed by atoms with Gasteiger partial charge in [0.05, 0.1) is 12.2 Å². The molecule has 1 aliphatic rings. The Bertz CT molecular complexity index is 871. The zero-order valence-corrected chi connectivity index (χ0v) is 14.6. The van der Waals surface area contributed by atoms with Crippen molar-refractivity contribution in [3.8, 4) is 0 Å². The molecule has 0 aliphatic heterocycles. The SMILES string of the molecule is Cc1cnn(C2CCC(NC(=O)Cn3ccc4ccccc43)CC2)c1. The molecule has 1 amide bonds. The second kappa shape index (κ2) is 6.75. The first-order chi connectivity index (χ1) is 12.2. The lowest BCUT2D eigenvalue weighted by Crippen LogP contribution is -2.39. The third-order valence-corrected chi connectivity index (χ3v) is 5.16. The quantitative estimate of drug-likeness (QED) is 0.793. The standard InChI is InChI=1S/C20H24N4O/c1-15-12-21-24(13-15)18-8-6-17(7-9-18)22-20(25)14-23-11-10-16-4-2-3-5-19(16)23/h2-5,10-13,17-18H,6-9,14H2,1H3,(H,22,25). The minimum absolute atomic E-state index is 0.0970. The predicted molar refractivity (Wildman–Crippen MR) is 98.3 cm³/mol. The summed E-state index contributed by atoms with van der Waals surface area (Å²) < 4.78 is 4.10. The third-order valence-electron chi connectivity index (χ3n) is 5.16. The number of amides is 1. The number of benzene rings is 1. The van der Waals surface area contributed by atoms with Crippen molar-refractivity contribution in [2.75, 3.05) is 0 Å². The highest BCUT2D eigenvalue weighted by molar-refractivity contribution is 5.83. The van der Waals surface area contributed by atoms with Crippen molar-refractivity contribution in [2.24, 2.45) is 0 Å². The van der Waals surface area contributed by atoms with Crippen molar-refractivity contribution >= 4 is 16.8 Å². The summed E-state index contributed by atoms with van der Waals surface area (Å²) in [4.78, 5) is 12.4. The number of nitrogens with one attached hydrogen (secondary N) is 1. The van der Waals surface area contributed by atoms with E-state index in [0.29, 0.717) is 12.6 Å². The van der Waals surface area contributed by atoms with Crippen molar-refractivity contribution in [1.29, 1.82) is 0 Å². The van der Waals surface area contributed by atoms with Gasteiger partial charge < -0.3 is 9.88 Å². The minimum atomic E-state index is 0.0970. The van der Waals surface area contributed by atoms with Crippen molar-refractivity contribution in [3.63, 3.8) is 0 Å². The highest BCUT2D eigenvalue weighted by Crippen LogP contribution is 2.28. The van der Waals surface area contributed by atoms with Gasteiger partial charge in [0.25, 0.3) is 0 Å². The summed E-state index contributed by atoms with van der Waals surface area (Å²) in [6.07, 6.45) is 10.2. The van der Waals surface area contributed by atoms with Crippen LogP contribution in [0, 0.1) is 6.92 Å². The molecule has 1 aromatic carbocycles. The molecule has 1 saturated carbocycles. The number of para-hydroxylation sites is 1. The number of aromatic nitrogens is 3. The Labute approximate surface area is 147 Å². The summed E-state index contributed by atoms with van der Waals surface area (Å²) in [5.41, 5.74) is 2.31. The summed E-state index contributed by atoms with van der Waals surface area (Å²) in [7, 11) is 0. The highest BCUT2D eigenvalue weighted by atomic mass is 16.2. The van der Waals surface area contributed by atoms with Crippen LogP contribution in [0.3, 0.4) is 0 Å². The summed E-state index contributed by atoms with van der Waals surface area (Å²) in [5.74, 6) is 0.0970. The van der Waals surface area contributed by atoms with E-state index in [-0.39, 0.29) is 11.9 Å². The monoisotopic (exact) mass is 336 g/mol. The molecule has 0 radical (unpaired) electrons. The van der Waals surface area contributed by atoms with E-state index in [9.17, 15) is 4.79 Å². The molecule has 5 heteroatoms. The molecule has 1 aliphatic carbocycles. The van der Waals surface area contributed by atoms with Gasteiger partial charge in [-0.15, -0.1) is 0 Å². The average molecular weight is 336 g/mol. The van der Waals surface area contributed by atoms with Crippen LogP contribution in [0.5, 0.6) is 0 Å². The molecule has 3 aromatic rings. The van der Waals surface area contributed by atoms with Gasteiger partial charge in [-0.1, -0.05) is 18.2 Å². The fourth-order valence-electron chi connectivity index (χ4n) is 3.82. The fraction of sp³-hybridized carbons (Fsp3) is 0.400. The van der Waals surface area contributed by atoms with Crippen molar-refractivity contribution < 1.29 is 4.79 Å². The average Bonchev–Trinajstić information content (AvgIpc) is 3.22. The summed E-state index contributed by atoms with van der Waals surface area (Å²) >= 11 is 0. The number of rotatable bonds is 4. The molecular weight excluding hydrogens is 312 g/mol. The van der Waals surface area contributed by atoms with Crippen molar-refractivity contribution in [3.05, 3.63) is 54.5 Å². The van der Waals surface area contributed by atoms with Crippen LogP contribution in [-0.4, -0.2) is 26.3 Å². The van der Waals surface area contributed by atoms with Crippen LogP contribution >= 0.6 is 0 Å². The Morgan fingerprint density at radius 3 is 2.76 bits per heavy atom. The van der Waals surface area contributed by atoms with Crippen molar-refractivity contribution in [1.82, 2.24) is 19.7 Å². The minimum Gasteiger partial charge on any atom is -0.352 e. The van der Waals surface area contributed by atoms with Gasteiger partial charge in [-0.25, -0.2) is 0 Å². The van der Waals surface area contributed by atoms with Crippen LogP contribution < -0.4 is 5.32 Å². The molecule has 1 fully saturated rings. The first-order valence-electron chi connectivity index (χ1n) is 9.03. The molecule has 0 saturated heterocycles. The Kier molecular flexibility index (Phi) is 4.30. The molecule has 1 N–H and O–H groups in total. The van der Waals surface area contributed by atoms with E-state index in [1.165, 1.54) is 10.9 Å². The molecule has 2 aromatic heterocycles. The van der Waals surface area contributed by atoms with Crippen LogP contribution in [0.2, 0.25) is 0 Å². The zero-order valence-electron chi connectivity index (χ0n) is 14.6. The maximum absolute atomic E-state index is 12.4. The van der Waals surface area contributed by atoms with E-state index in [1.807, 2.05) is 29.1 Å². The Hall–Kier alpha value is -2.56. The van der Waals surface area contributed by atoms with E-state index in [0.717, 1.165) is 31.2 Å². The number of carbonyl (C=O) groups is 1. The topological polar surface area (TPSA) is 51.9 Å². The Morgan fingerprint density at radius 1 is 1.20 bits per heavy atom. The second-order valence-corrected chi connectivity index (χ2v) is 7.07. The molecule has 5 nitrogen and oxygen atoms in total. The van der Waals surface area contributed by atoms with E-state index in [2.05, 4.69) is 46.4 Å².